The number of thioether (sulfide) groups is 2. The van der Waals surface area contributed by atoms with E-state index >= 15 is 0 Å². The Morgan fingerprint density at radius 1 is 0.553 bits per heavy atom. The Balaban J connectivity index is 1.41. The van der Waals surface area contributed by atoms with E-state index in [1.165, 1.54) is 11.1 Å². The van der Waals surface area contributed by atoms with Crippen molar-refractivity contribution in [3.8, 4) is 0 Å². The second-order valence-electron chi connectivity index (χ2n) is 9.16. The SMILES string of the molecule is O[C@@H](COCc1ccccc1)[C@H](CC(SCc1ccccc1)SCc1ccccc1)OCc1ccccc1. The van der Waals surface area contributed by atoms with Crippen LogP contribution in [-0.4, -0.2) is 28.5 Å². The summed E-state index contributed by atoms with van der Waals surface area (Å²) >= 11 is 3.83. The topological polar surface area (TPSA) is 38.7 Å². The van der Waals surface area contributed by atoms with E-state index in [1.54, 1.807) is 0 Å². The Labute approximate surface area is 235 Å². The van der Waals surface area contributed by atoms with Gasteiger partial charge in [-0.3, -0.25) is 0 Å². The van der Waals surface area contributed by atoms with Gasteiger partial charge in [0.1, 0.15) is 6.10 Å². The van der Waals surface area contributed by atoms with Gasteiger partial charge in [0.15, 0.2) is 0 Å². The molecule has 0 aromatic heterocycles. The molecule has 2 atom stereocenters. The van der Waals surface area contributed by atoms with E-state index in [-0.39, 0.29) is 17.3 Å². The minimum Gasteiger partial charge on any atom is -0.388 e. The maximum atomic E-state index is 11.2. The van der Waals surface area contributed by atoms with E-state index in [1.807, 2.05) is 72.1 Å². The molecule has 0 aliphatic heterocycles. The summed E-state index contributed by atoms with van der Waals surface area (Å²) in [6.45, 7) is 1.16. The number of aliphatic hydroxyl groups excluding tert-OH is 1. The molecule has 1 N–H and O–H groups in total. The van der Waals surface area contributed by atoms with E-state index in [0.29, 0.717) is 13.2 Å². The first-order chi connectivity index (χ1) is 18.8. The van der Waals surface area contributed by atoms with Crippen LogP contribution >= 0.6 is 23.5 Å². The van der Waals surface area contributed by atoms with Gasteiger partial charge in [0.05, 0.1) is 30.5 Å². The van der Waals surface area contributed by atoms with Gasteiger partial charge < -0.3 is 14.6 Å². The molecule has 0 saturated heterocycles. The average Bonchev–Trinajstić information content (AvgIpc) is 2.98. The molecule has 0 saturated carbocycles. The van der Waals surface area contributed by atoms with E-state index in [0.717, 1.165) is 29.1 Å². The van der Waals surface area contributed by atoms with Crippen molar-refractivity contribution in [1.82, 2.24) is 0 Å². The quantitative estimate of drug-likeness (QED) is 0.146. The van der Waals surface area contributed by atoms with Crippen molar-refractivity contribution in [1.29, 1.82) is 0 Å². The molecule has 38 heavy (non-hydrogen) atoms. The average molecular weight is 545 g/mol. The third kappa shape index (κ3) is 10.3. The fourth-order valence-corrected chi connectivity index (χ4v) is 6.58. The first kappa shape index (κ1) is 28.5. The Hall–Kier alpha value is -2.54. The molecule has 3 nitrogen and oxygen atoms in total. The highest BCUT2D eigenvalue weighted by Gasteiger charge is 2.25. The largest absolute Gasteiger partial charge is 0.388 e. The van der Waals surface area contributed by atoms with Crippen LogP contribution in [0, 0.1) is 0 Å². The molecule has 0 aliphatic carbocycles. The second kappa shape index (κ2) is 16.4. The molecule has 4 rings (SSSR count). The van der Waals surface area contributed by atoms with Crippen molar-refractivity contribution >= 4 is 23.5 Å². The summed E-state index contributed by atoms with van der Waals surface area (Å²) < 4.78 is 12.5. The Morgan fingerprint density at radius 2 is 0.974 bits per heavy atom. The van der Waals surface area contributed by atoms with Crippen molar-refractivity contribution in [2.45, 2.75) is 47.9 Å². The number of hydrogen-bond donors (Lipinski definition) is 1. The zero-order valence-electron chi connectivity index (χ0n) is 21.6. The lowest BCUT2D eigenvalue weighted by Gasteiger charge is -2.27. The lowest BCUT2D eigenvalue weighted by molar-refractivity contribution is -0.0819. The van der Waals surface area contributed by atoms with Gasteiger partial charge >= 0.3 is 0 Å². The first-order valence-electron chi connectivity index (χ1n) is 13.0. The van der Waals surface area contributed by atoms with E-state index in [4.69, 9.17) is 9.47 Å². The molecule has 0 unspecified atom stereocenters. The normalized spacial score (nSPS) is 12.9. The van der Waals surface area contributed by atoms with Gasteiger partial charge in [-0.05, 0) is 28.7 Å². The van der Waals surface area contributed by atoms with Gasteiger partial charge in [-0.25, -0.2) is 0 Å². The summed E-state index contributed by atoms with van der Waals surface area (Å²) in [5.74, 6) is 1.83. The molecule has 0 heterocycles. The molecule has 0 radical (unpaired) electrons. The van der Waals surface area contributed by atoms with Gasteiger partial charge in [0, 0.05) is 11.5 Å². The first-order valence-corrected chi connectivity index (χ1v) is 15.1. The van der Waals surface area contributed by atoms with E-state index in [2.05, 4.69) is 72.8 Å². The van der Waals surface area contributed by atoms with Crippen LogP contribution in [-0.2, 0) is 34.2 Å². The van der Waals surface area contributed by atoms with Crippen LogP contribution in [0.4, 0.5) is 0 Å². The van der Waals surface area contributed by atoms with Crippen LogP contribution in [0.1, 0.15) is 28.7 Å². The van der Waals surface area contributed by atoms with E-state index < -0.39 is 6.10 Å². The summed E-state index contributed by atoms with van der Waals surface area (Å²) in [6, 6.07) is 41.3. The van der Waals surface area contributed by atoms with Gasteiger partial charge in [-0.1, -0.05) is 121 Å². The maximum Gasteiger partial charge on any atom is 0.104 e. The second-order valence-corrected chi connectivity index (χ2v) is 11.8. The summed E-state index contributed by atoms with van der Waals surface area (Å²) in [5.41, 5.74) is 4.80. The van der Waals surface area contributed by atoms with Gasteiger partial charge in [-0.15, -0.1) is 23.5 Å². The lowest BCUT2D eigenvalue weighted by Crippen LogP contribution is -2.35. The van der Waals surface area contributed by atoms with Crippen LogP contribution in [0.5, 0.6) is 0 Å². The lowest BCUT2D eigenvalue weighted by atomic mass is 10.1. The minimum atomic E-state index is -0.723. The number of rotatable bonds is 16. The molecular formula is C33H36O3S2. The molecule has 4 aromatic carbocycles. The Kier molecular flexibility index (Phi) is 12.3. The number of hydrogen-bond acceptors (Lipinski definition) is 5. The minimum absolute atomic E-state index is 0.230. The molecule has 0 spiro atoms. The number of benzene rings is 4. The molecule has 0 amide bonds. The smallest absolute Gasteiger partial charge is 0.104 e. The fourth-order valence-electron chi connectivity index (χ4n) is 3.99. The van der Waals surface area contributed by atoms with Gasteiger partial charge in [-0.2, -0.15) is 0 Å². The molecule has 0 aliphatic rings. The van der Waals surface area contributed by atoms with Crippen molar-refractivity contribution in [3.63, 3.8) is 0 Å². The van der Waals surface area contributed by atoms with Crippen molar-refractivity contribution < 1.29 is 14.6 Å². The number of aliphatic hydroxyl groups is 1. The van der Waals surface area contributed by atoms with Gasteiger partial charge in [0.2, 0.25) is 0 Å². The van der Waals surface area contributed by atoms with E-state index in [9.17, 15) is 5.11 Å². The monoisotopic (exact) mass is 544 g/mol. The number of ether oxygens (including phenoxy) is 2. The van der Waals surface area contributed by atoms with Crippen LogP contribution in [0.15, 0.2) is 121 Å². The molecule has 0 fully saturated rings. The van der Waals surface area contributed by atoms with Crippen LogP contribution in [0.25, 0.3) is 0 Å². The molecular weight excluding hydrogens is 508 g/mol. The van der Waals surface area contributed by atoms with Crippen molar-refractivity contribution in [2.24, 2.45) is 0 Å². The van der Waals surface area contributed by atoms with Crippen LogP contribution < -0.4 is 0 Å². The highest BCUT2D eigenvalue weighted by Crippen LogP contribution is 2.34. The maximum absolute atomic E-state index is 11.2. The highest BCUT2D eigenvalue weighted by molar-refractivity contribution is 8.16. The predicted molar refractivity (Wildman–Crippen MR) is 161 cm³/mol. The Morgan fingerprint density at radius 3 is 1.45 bits per heavy atom. The molecule has 4 aromatic rings. The van der Waals surface area contributed by atoms with Crippen LogP contribution in [0.3, 0.4) is 0 Å². The standard InChI is InChI=1S/C33H36O3S2/c34-31(24-35-22-27-13-5-1-6-14-27)32(36-23-28-15-7-2-8-16-28)21-33(37-25-29-17-9-3-10-18-29)38-26-30-19-11-4-12-20-30/h1-20,31-34H,21-26H2/t31-,32-/m0/s1. The molecule has 0 bridgehead atoms. The third-order valence-corrected chi connectivity index (χ3v) is 9.06. The summed E-state index contributed by atoms with van der Waals surface area (Å²) in [4.78, 5) is 0. The molecule has 198 valence electrons. The zero-order valence-corrected chi connectivity index (χ0v) is 23.2. The summed E-state index contributed by atoms with van der Waals surface area (Å²) in [7, 11) is 0. The fraction of sp³-hybridized carbons (Fsp3) is 0.273. The van der Waals surface area contributed by atoms with Gasteiger partial charge in [0.25, 0.3) is 0 Å². The van der Waals surface area contributed by atoms with Crippen molar-refractivity contribution in [2.75, 3.05) is 6.61 Å². The van der Waals surface area contributed by atoms with Crippen LogP contribution in [0.2, 0.25) is 0 Å². The zero-order chi connectivity index (χ0) is 26.3. The molecule has 5 heteroatoms. The Bertz CT molecular complexity index is 1100. The van der Waals surface area contributed by atoms with Crippen molar-refractivity contribution in [3.05, 3.63) is 144 Å². The summed E-state index contributed by atoms with van der Waals surface area (Å²) in [6.07, 6.45) is -0.348. The summed E-state index contributed by atoms with van der Waals surface area (Å²) in [5, 5.41) is 11.2. The highest BCUT2D eigenvalue weighted by atomic mass is 32.2. The third-order valence-electron chi connectivity index (χ3n) is 6.12. The predicted octanol–water partition coefficient (Wildman–Crippen LogP) is 7.73.